The Bertz CT molecular complexity index is 484. The van der Waals surface area contributed by atoms with Gasteiger partial charge in [-0.1, -0.05) is 31.3 Å². The number of hydrogen-bond acceptors (Lipinski definition) is 5. The van der Waals surface area contributed by atoms with E-state index in [1.165, 1.54) is 62.7 Å². The maximum absolute atomic E-state index is 5.14. The summed E-state index contributed by atoms with van der Waals surface area (Å²) in [4.78, 5) is 2.66. The van der Waals surface area contributed by atoms with Crippen molar-refractivity contribution in [2.45, 2.75) is 76.8 Å². The molecule has 1 atom stereocenters. The first-order valence-electron chi connectivity index (χ1n) is 10.5. The fourth-order valence-corrected chi connectivity index (χ4v) is 4.41. The van der Waals surface area contributed by atoms with Crippen molar-refractivity contribution in [2.24, 2.45) is 0 Å². The average Bonchev–Trinajstić information content (AvgIpc) is 3.12. The maximum Gasteiger partial charge on any atom is 0.127 e. The highest BCUT2D eigenvalue weighted by Gasteiger charge is 2.25. The molecule has 2 aliphatic carbocycles. The third-order valence-electron chi connectivity index (χ3n) is 5.84. The summed E-state index contributed by atoms with van der Waals surface area (Å²) in [5.74, 6) is 0. The third-order valence-corrected chi connectivity index (χ3v) is 5.84. The molecule has 1 saturated carbocycles. The highest BCUT2D eigenvalue weighted by atomic mass is 16.5. The van der Waals surface area contributed by atoms with Crippen LogP contribution in [0.2, 0.25) is 0 Å². The minimum Gasteiger partial charge on any atom is -0.364 e. The van der Waals surface area contributed by atoms with Gasteiger partial charge in [0.2, 0.25) is 0 Å². The molecule has 1 fully saturated rings. The summed E-state index contributed by atoms with van der Waals surface area (Å²) in [6.07, 6.45) is 13.4. The normalized spacial score (nSPS) is 21.6. The molecular formula is C20H36N4O. The molecule has 1 unspecified atom stereocenters. The van der Waals surface area contributed by atoms with Crippen LogP contribution < -0.4 is 10.6 Å². The standard InChI is InChI=1S/C20H36N4O/c1-2-13-24(19-8-9-20-17(15-19)16-25-23-20)14-12-21-10-11-22-18-6-4-3-5-7-18/h16,18-19,21-22H,2-15H2,1H3. The van der Waals surface area contributed by atoms with Gasteiger partial charge in [-0.05, 0) is 45.1 Å². The summed E-state index contributed by atoms with van der Waals surface area (Å²) >= 11 is 0. The van der Waals surface area contributed by atoms with Gasteiger partial charge in [-0.25, -0.2) is 0 Å². The molecule has 0 spiro atoms. The van der Waals surface area contributed by atoms with Crippen molar-refractivity contribution in [1.29, 1.82) is 0 Å². The van der Waals surface area contributed by atoms with Crippen molar-refractivity contribution >= 4 is 0 Å². The summed E-state index contributed by atoms with van der Waals surface area (Å²) in [6, 6.07) is 1.42. The molecule has 3 rings (SSSR count). The molecule has 25 heavy (non-hydrogen) atoms. The smallest absolute Gasteiger partial charge is 0.127 e. The Hall–Kier alpha value is -0.910. The maximum atomic E-state index is 5.14. The minimum atomic E-state index is 0.647. The summed E-state index contributed by atoms with van der Waals surface area (Å²) in [5.41, 5.74) is 2.50. The second-order valence-corrected chi connectivity index (χ2v) is 7.76. The van der Waals surface area contributed by atoms with Gasteiger partial charge in [0, 0.05) is 43.8 Å². The molecule has 1 aromatic rings. The zero-order chi connectivity index (χ0) is 17.3. The predicted octanol–water partition coefficient (Wildman–Crippen LogP) is 2.76. The number of hydrogen-bond donors (Lipinski definition) is 2. The largest absolute Gasteiger partial charge is 0.364 e. The van der Waals surface area contributed by atoms with E-state index in [9.17, 15) is 0 Å². The highest BCUT2D eigenvalue weighted by Crippen LogP contribution is 2.23. The van der Waals surface area contributed by atoms with Crippen LogP contribution in [0.15, 0.2) is 10.8 Å². The van der Waals surface area contributed by atoms with Crippen LogP contribution in [0.1, 0.15) is 63.1 Å². The summed E-state index contributed by atoms with van der Waals surface area (Å²) in [6.45, 7) is 7.88. The Kier molecular flexibility index (Phi) is 7.77. The van der Waals surface area contributed by atoms with Gasteiger partial charge in [-0.15, -0.1) is 0 Å². The van der Waals surface area contributed by atoms with Crippen molar-refractivity contribution in [2.75, 3.05) is 32.7 Å². The molecule has 2 N–H and O–H groups in total. The van der Waals surface area contributed by atoms with Crippen molar-refractivity contribution < 1.29 is 4.52 Å². The second kappa shape index (κ2) is 10.3. The van der Waals surface area contributed by atoms with E-state index in [2.05, 4.69) is 27.6 Å². The van der Waals surface area contributed by atoms with E-state index >= 15 is 0 Å². The van der Waals surface area contributed by atoms with Crippen molar-refractivity contribution in [3.05, 3.63) is 17.5 Å². The SMILES string of the molecule is CCCN(CCNCCNC1CCCCC1)C1CCc2nocc2C1. The Morgan fingerprint density at radius 1 is 1.12 bits per heavy atom. The van der Waals surface area contributed by atoms with E-state index in [4.69, 9.17) is 4.52 Å². The van der Waals surface area contributed by atoms with Crippen molar-refractivity contribution in [3.8, 4) is 0 Å². The fraction of sp³-hybridized carbons (Fsp3) is 0.850. The van der Waals surface area contributed by atoms with Gasteiger partial charge < -0.3 is 15.2 Å². The number of rotatable bonds is 10. The monoisotopic (exact) mass is 348 g/mol. The number of fused-ring (bicyclic) bond motifs is 1. The molecule has 0 amide bonds. The molecule has 0 saturated heterocycles. The zero-order valence-corrected chi connectivity index (χ0v) is 15.9. The predicted molar refractivity (Wildman–Crippen MR) is 102 cm³/mol. The van der Waals surface area contributed by atoms with Gasteiger partial charge in [-0.2, -0.15) is 0 Å². The van der Waals surface area contributed by atoms with E-state index in [0.717, 1.165) is 45.1 Å². The Labute approximate surface area is 152 Å². The summed E-state index contributed by atoms with van der Waals surface area (Å²) < 4.78 is 5.14. The minimum absolute atomic E-state index is 0.647. The van der Waals surface area contributed by atoms with Crippen LogP contribution >= 0.6 is 0 Å². The first-order chi connectivity index (χ1) is 12.4. The van der Waals surface area contributed by atoms with Crippen LogP contribution in [-0.2, 0) is 12.8 Å². The lowest BCUT2D eigenvalue weighted by molar-refractivity contribution is 0.180. The molecule has 0 radical (unpaired) electrons. The lowest BCUT2D eigenvalue weighted by atomic mass is 9.92. The van der Waals surface area contributed by atoms with E-state index in [1.807, 2.05) is 6.26 Å². The van der Waals surface area contributed by atoms with Gasteiger partial charge in [0.25, 0.3) is 0 Å². The number of aromatic nitrogens is 1. The van der Waals surface area contributed by atoms with Crippen LogP contribution in [-0.4, -0.2) is 54.9 Å². The molecule has 2 aliphatic rings. The molecule has 0 aliphatic heterocycles. The first kappa shape index (κ1) is 18.9. The van der Waals surface area contributed by atoms with Crippen LogP contribution in [0.25, 0.3) is 0 Å². The molecule has 142 valence electrons. The number of aryl methyl sites for hydroxylation is 1. The summed E-state index contributed by atoms with van der Waals surface area (Å²) in [7, 11) is 0. The van der Waals surface area contributed by atoms with E-state index in [1.54, 1.807) is 0 Å². The van der Waals surface area contributed by atoms with E-state index in [0.29, 0.717) is 6.04 Å². The Morgan fingerprint density at radius 2 is 2.00 bits per heavy atom. The summed E-state index contributed by atoms with van der Waals surface area (Å²) in [5, 5.41) is 11.5. The fourth-order valence-electron chi connectivity index (χ4n) is 4.41. The van der Waals surface area contributed by atoms with Crippen LogP contribution in [0.5, 0.6) is 0 Å². The topological polar surface area (TPSA) is 53.3 Å². The van der Waals surface area contributed by atoms with Crippen LogP contribution in [0.4, 0.5) is 0 Å². The molecule has 0 bridgehead atoms. The van der Waals surface area contributed by atoms with Crippen LogP contribution in [0.3, 0.4) is 0 Å². The Morgan fingerprint density at radius 3 is 2.84 bits per heavy atom. The van der Waals surface area contributed by atoms with E-state index in [-0.39, 0.29) is 0 Å². The molecule has 1 heterocycles. The lowest BCUT2D eigenvalue weighted by Crippen LogP contribution is -2.44. The molecule has 1 aromatic heterocycles. The molecular weight excluding hydrogens is 312 g/mol. The first-order valence-corrected chi connectivity index (χ1v) is 10.5. The molecule has 5 heteroatoms. The quantitative estimate of drug-likeness (QED) is 0.637. The third kappa shape index (κ3) is 5.80. The average molecular weight is 349 g/mol. The van der Waals surface area contributed by atoms with Crippen LogP contribution in [0, 0.1) is 0 Å². The second-order valence-electron chi connectivity index (χ2n) is 7.76. The zero-order valence-electron chi connectivity index (χ0n) is 15.9. The van der Waals surface area contributed by atoms with Crippen molar-refractivity contribution in [1.82, 2.24) is 20.7 Å². The molecule has 0 aromatic carbocycles. The van der Waals surface area contributed by atoms with Gasteiger partial charge in [-0.3, -0.25) is 4.90 Å². The number of nitrogens with one attached hydrogen (secondary N) is 2. The van der Waals surface area contributed by atoms with Gasteiger partial charge >= 0.3 is 0 Å². The lowest BCUT2D eigenvalue weighted by Gasteiger charge is -2.33. The van der Waals surface area contributed by atoms with E-state index < -0.39 is 0 Å². The Balaban J connectivity index is 1.32. The van der Waals surface area contributed by atoms with Crippen molar-refractivity contribution in [3.63, 3.8) is 0 Å². The van der Waals surface area contributed by atoms with Gasteiger partial charge in [0.1, 0.15) is 6.26 Å². The van der Waals surface area contributed by atoms with Gasteiger partial charge in [0.05, 0.1) is 5.69 Å². The number of nitrogens with zero attached hydrogens (tertiary/aromatic N) is 2. The van der Waals surface area contributed by atoms with Gasteiger partial charge in [0.15, 0.2) is 0 Å². The molecule has 5 nitrogen and oxygen atoms in total. The highest BCUT2D eigenvalue weighted by molar-refractivity contribution is 5.19.